The first-order valence-electron chi connectivity index (χ1n) is 9.83. The average Bonchev–Trinajstić information content (AvgIpc) is 3.12. The number of benzene rings is 3. The molecule has 0 aliphatic rings. The normalized spacial score (nSPS) is 11.0. The zero-order valence-corrected chi connectivity index (χ0v) is 17.5. The second-order valence-corrected chi connectivity index (χ2v) is 7.93. The molecule has 0 saturated heterocycles. The molecular formula is C24H22FN3OS. The lowest BCUT2D eigenvalue weighted by atomic mass is 10.1. The summed E-state index contributed by atoms with van der Waals surface area (Å²) in [5.41, 5.74) is 4.86. The topological polar surface area (TPSA) is 46.9 Å². The van der Waals surface area contributed by atoms with Gasteiger partial charge < -0.3 is 9.88 Å². The van der Waals surface area contributed by atoms with Crippen molar-refractivity contribution in [3.05, 3.63) is 89.7 Å². The van der Waals surface area contributed by atoms with Gasteiger partial charge in [0.2, 0.25) is 5.91 Å². The highest BCUT2D eigenvalue weighted by molar-refractivity contribution is 7.99. The Morgan fingerprint density at radius 1 is 1.00 bits per heavy atom. The summed E-state index contributed by atoms with van der Waals surface area (Å²) in [7, 11) is 0. The number of aryl methyl sites for hydroxylation is 1. The number of rotatable bonds is 7. The van der Waals surface area contributed by atoms with Crippen molar-refractivity contribution in [1.82, 2.24) is 9.55 Å². The van der Waals surface area contributed by atoms with Gasteiger partial charge in [-0.3, -0.25) is 4.79 Å². The molecule has 0 aliphatic carbocycles. The van der Waals surface area contributed by atoms with E-state index in [2.05, 4.69) is 16.8 Å². The van der Waals surface area contributed by atoms with Crippen LogP contribution in [-0.4, -0.2) is 21.2 Å². The Morgan fingerprint density at radius 2 is 1.70 bits per heavy atom. The monoisotopic (exact) mass is 419 g/mol. The zero-order valence-electron chi connectivity index (χ0n) is 16.6. The van der Waals surface area contributed by atoms with E-state index in [9.17, 15) is 9.18 Å². The van der Waals surface area contributed by atoms with Gasteiger partial charge in [-0.1, -0.05) is 55.1 Å². The predicted molar refractivity (Wildman–Crippen MR) is 120 cm³/mol. The van der Waals surface area contributed by atoms with Gasteiger partial charge in [-0.2, -0.15) is 0 Å². The van der Waals surface area contributed by atoms with E-state index >= 15 is 0 Å². The first-order valence-corrected chi connectivity index (χ1v) is 10.8. The van der Waals surface area contributed by atoms with Crippen LogP contribution >= 0.6 is 11.8 Å². The lowest BCUT2D eigenvalue weighted by Gasteiger charge is -2.10. The van der Waals surface area contributed by atoms with E-state index in [0.717, 1.165) is 33.9 Å². The Morgan fingerprint density at radius 3 is 2.43 bits per heavy atom. The standard InChI is InChI=1S/C24H22FN3OS/c1-2-17-9-13-20(14-10-17)26-23(29)16-30-24-27-21-5-3-4-6-22(21)28(24)15-18-7-11-19(25)12-8-18/h3-14H,2,15-16H2,1H3,(H,26,29). The summed E-state index contributed by atoms with van der Waals surface area (Å²) in [6, 6.07) is 22.2. The number of carbonyl (C=O) groups is 1. The number of anilines is 1. The van der Waals surface area contributed by atoms with Crippen LogP contribution in [0.5, 0.6) is 0 Å². The maximum Gasteiger partial charge on any atom is 0.234 e. The Kier molecular flexibility index (Phi) is 6.14. The molecule has 4 rings (SSSR count). The average molecular weight is 420 g/mol. The predicted octanol–water partition coefficient (Wildman–Crippen LogP) is 5.52. The first-order chi connectivity index (χ1) is 14.6. The largest absolute Gasteiger partial charge is 0.325 e. The minimum Gasteiger partial charge on any atom is -0.325 e. The minimum atomic E-state index is -0.257. The number of hydrogen-bond acceptors (Lipinski definition) is 3. The van der Waals surface area contributed by atoms with Crippen molar-refractivity contribution in [3.8, 4) is 0 Å². The molecule has 0 unspecified atom stereocenters. The molecule has 1 aromatic heterocycles. The third-order valence-electron chi connectivity index (χ3n) is 4.85. The number of imidazole rings is 1. The minimum absolute atomic E-state index is 0.0790. The molecule has 0 radical (unpaired) electrons. The van der Waals surface area contributed by atoms with Crippen molar-refractivity contribution in [2.75, 3.05) is 11.1 Å². The molecule has 0 bridgehead atoms. The van der Waals surface area contributed by atoms with Crippen molar-refractivity contribution in [2.45, 2.75) is 25.0 Å². The molecule has 1 N–H and O–H groups in total. The van der Waals surface area contributed by atoms with Crippen LogP contribution in [0, 0.1) is 5.82 Å². The molecule has 0 fully saturated rings. The van der Waals surface area contributed by atoms with Crippen molar-refractivity contribution >= 4 is 34.4 Å². The van der Waals surface area contributed by atoms with Gasteiger partial charge in [0, 0.05) is 5.69 Å². The van der Waals surface area contributed by atoms with E-state index < -0.39 is 0 Å². The summed E-state index contributed by atoms with van der Waals surface area (Å²) in [6.45, 7) is 2.66. The molecule has 1 amide bonds. The molecular weight excluding hydrogens is 397 g/mol. The molecule has 6 heteroatoms. The SMILES string of the molecule is CCc1ccc(NC(=O)CSc2nc3ccccc3n2Cc2ccc(F)cc2)cc1. The maximum absolute atomic E-state index is 13.3. The van der Waals surface area contributed by atoms with Crippen LogP contribution in [-0.2, 0) is 17.8 Å². The van der Waals surface area contributed by atoms with Gasteiger partial charge in [0.1, 0.15) is 5.82 Å². The van der Waals surface area contributed by atoms with Crippen molar-refractivity contribution in [2.24, 2.45) is 0 Å². The van der Waals surface area contributed by atoms with Crippen LogP contribution < -0.4 is 5.32 Å². The highest BCUT2D eigenvalue weighted by Gasteiger charge is 2.13. The Balaban J connectivity index is 1.50. The van der Waals surface area contributed by atoms with Crippen LogP contribution in [0.2, 0.25) is 0 Å². The molecule has 1 heterocycles. The van der Waals surface area contributed by atoms with Gasteiger partial charge in [-0.15, -0.1) is 0 Å². The highest BCUT2D eigenvalue weighted by atomic mass is 32.2. The number of fused-ring (bicyclic) bond motifs is 1. The van der Waals surface area contributed by atoms with Crippen LogP contribution in [0.3, 0.4) is 0 Å². The molecule has 4 nitrogen and oxygen atoms in total. The first kappa shape index (κ1) is 20.2. The van der Waals surface area contributed by atoms with Crippen molar-refractivity contribution in [3.63, 3.8) is 0 Å². The van der Waals surface area contributed by atoms with Crippen LogP contribution in [0.15, 0.2) is 78.0 Å². The molecule has 3 aromatic carbocycles. The van der Waals surface area contributed by atoms with E-state index in [0.29, 0.717) is 6.54 Å². The summed E-state index contributed by atoms with van der Waals surface area (Å²) < 4.78 is 15.3. The second-order valence-electron chi connectivity index (χ2n) is 6.98. The number of hydrogen-bond donors (Lipinski definition) is 1. The van der Waals surface area contributed by atoms with E-state index in [1.54, 1.807) is 12.1 Å². The highest BCUT2D eigenvalue weighted by Crippen LogP contribution is 2.25. The van der Waals surface area contributed by atoms with Gasteiger partial charge in [0.05, 0.1) is 23.3 Å². The van der Waals surface area contributed by atoms with Gasteiger partial charge >= 0.3 is 0 Å². The number of amides is 1. The van der Waals surface area contributed by atoms with E-state index in [1.165, 1.54) is 29.5 Å². The Bertz CT molecular complexity index is 1150. The van der Waals surface area contributed by atoms with E-state index in [-0.39, 0.29) is 17.5 Å². The summed E-state index contributed by atoms with van der Waals surface area (Å²) in [4.78, 5) is 17.2. The zero-order chi connectivity index (χ0) is 20.9. The third kappa shape index (κ3) is 4.71. The number of nitrogens with one attached hydrogen (secondary N) is 1. The number of carbonyl (C=O) groups excluding carboxylic acids is 1. The fourth-order valence-electron chi connectivity index (χ4n) is 3.24. The van der Waals surface area contributed by atoms with Crippen LogP contribution in [0.25, 0.3) is 11.0 Å². The van der Waals surface area contributed by atoms with E-state index in [1.807, 2.05) is 48.5 Å². The number of aromatic nitrogens is 2. The molecule has 0 atom stereocenters. The lowest BCUT2D eigenvalue weighted by Crippen LogP contribution is -2.14. The van der Waals surface area contributed by atoms with Crippen LogP contribution in [0.4, 0.5) is 10.1 Å². The van der Waals surface area contributed by atoms with Gasteiger partial charge in [0.25, 0.3) is 0 Å². The number of para-hydroxylation sites is 2. The summed E-state index contributed by atoms with van der Waals surface area (Å²) in [6.07, 6.45) is 0.967. The quantitative estimate of drug-likeness (QED) is 0.402. The van der Waals surface area contributed by atoms with Gasteiger partial charge in [-0.25, -0.2) is 9.37 Å². The number of thioether (sulfide) groups is 1. The van der Waals surface area contributed by atoms with Crippen LogP contribution in [0.1, 0.15) is 18.1 Å². The third-order valence-corrected chi connectivity index (χ3v) is 5.83. The van der Waals surface area contributed by atoms with E-state index in [4.69, 9.17) is 4.98 Å². The second kappa shape index (κ2) is 9.13. The van der Waals surface area contributed by atoms with Gasteiger partial charge in [-0.05, 0) is 53.9 Å². The summed E-state index contributed by atoms with van der Waals surface area (Å²) in [5.74, 6) is -0.0838. The lowest BCUT2D eigenvalue weighted by molar-refractivity contribution is -0.113. The van der Waals surface area contributed by atoms with Crippen molar-refractivity contribution in [1.29, 1.82) is 0 Å². The molecule has 152 valence electrons. The Hall–Kier alpha value is -3.12. The summed E-state index contributed by atoms with van der Waals surface area (Å²) in [5, 5.41) is 3.70. The summed E-state index contributed by atoms with van der Waals surface area (Å²) >= 11 is 1.40. The molecule has 0 spiro atoms. The number of nitrogens with zero attached hydrogens (tertiary/aromatic N) is 2. The van der Waals surface area contributed by atoms with Crippen molar-refractivity contribution < 1.29 is 9.18 Å². The fraction of sp³-hybridized carbons (Fsp3) is 0.167. The smallest absolute Gasteiger partial charge is 0.234 e. The fourth-order valence-corrected chi connectivity index (χ4v) is 4.05. The maximum atomic E-state index is 13.3. The molecule has 0 aliphatic heterocycles. The Labute approximate surface area is 179 Å². The molecule has 30 heavy (non-hydrogen) atoms. The molecule has 4 aromatic rings. The molecule has 0 saturated carbocycles. The number of halogens is 1. The van der Waals surface area contributed by atoms with Gasteiger partial charge in [0.15, 0.2) is 5.16 Å².